The predicted octanol–water partition coefficient (Wildman–Crippen LogP) is 4.43. The fraction of sp³-hybridized carbons (Fsp3) is 0.348. The number of anilines is 1. The summed E-state index contributed by atoms with van der Waals surface area (Å²) in [5.74, 6) is 1.14. The first kappa shape index (κ1) is 20.6. The number of nitrogens with one attached hydrogen (secondary N) is 1. The molecule has 30 heavy (non-hydrogen) atoms. The van der Waals surface area contributed by atoms with Gasteiger partial charge in [0, 0.05) is 51.7 Å². The molecule has 0 saturated carbocycles. The number of amides is 1. The second-order valence-corrected chi connectivity index (χ2v) is 9.13. The molecular weight excluding hydrogens is 402 g/mol. The van der Waals surface area contributed by atoms with Crippen molar-refractivity contribution in [2.75, 3.05) is 25.6 Å². The van der Waals surface area contributed by atoms with Crippen molar-refractivity contribution in [1.29, 1.82) is 0 Å². The van der Waals surface area contributed by atoms with Gasteiger partial charge in [0.15, 0.2) is 5.76 Å². The number of furan rings is 1. The Morgan fingerprint density at radius 2 is 2.00 bits per heavy atom. The van der Waals surface area contributed by atoms with Gasteiger partial charge in [0.1, 0.15) is 11.3 Å². The molecule has 2 heterocycles. The smallest absolute Gasteiger partial charge is 0.291 e. The number of aryl methyl sites for hydroxylation is 1. The highest BCUT2D eigenvalue weighted by Gasteiger charge is 2.21. The topological polar surface area (TPSA) is 77.8 Å². The van der Waals surface area contributed by atoms with Crippen LogP contribution in [-0.4, -0.2) is 35.7 Å². The molecule has 0 spiro atoms. The Hall–Kier alpha value is -2.64. The minimum Gasteiger partial charge on any atom is -0.497 e. The van der Waals surface area contributed by atoms with Crippen LogP contribution in [0.2, 0.25) is 0 Å². The van der Waals surface area contributed by atoms with Gasteiger partial charge < -0.3 is 19.2 Å². The quantitative estimate of drug-likeness (QED) is 0.630. The summed E-state index contributed by atoms with van der Waals surface area (Å²) in [7, 11) is 0.648. The van der Waals surface area contributed by atoms with Crippen molar-refractivity contribution in [3.63, 3.8) is 0 Å². The third kappa shape index (κ3) is 4.42. The van der Waals surface area contributed by atoms with Gasteiger partial charge in [-0.2, -0.15) is 0 Å². The maximum atomic E-state index is 12.8. The molecule has 2 aromatic carbocycles. The van der Waals surface area contributed by atoms with E-state index in [-0.39, 0.29) is 16.9 Å². The SMILES string of the molecule is COc1ccc2oc(C(=O)Nc3cccc(CS(=O)C4CCOCC4)c3)c(C)c2c1. The molecule has 1 unspecified atom stereocenters. The number of methoxy groups -OCH3 is 1. The molecule has 1 atom stereocenters. The fourth-order valence-corrected chi connectivity index (χ4v) is 5.15. The zero-order chi connectivity index (χ0) is 21.1. The van der Waals surface area contributed by atoms with E-state index in [0.29, 0.717) is 36.0 Å². The van der Waals surface area contributed by atoms with Crippen molar-refractivity contribution >= 4 is 33.4 Å². The van der Waals surface area contributed by atoms with Crippen LogP contribution in [0.25, 0.3) is 11.0 Å². The van der Waals surface area contributed by atoms with Crippen LogP contribution in [0.1, 0.15) is 34.5 Å². The lowest BCUT2D eigenvalue weighted by Crippen LogP contribution is -2.25. The Bertz CT molecular complexity index is 1080. The minimum atomic E-state index is -0.955. The van der Waals surface area contributed by atoms with Crippen molar-refractivity contribution in [3.05, 3.63) is 59.4 Å². The van der Waals surface area contributed by atoms with Gasteiger partial charge in [0.25, 0.3) is 5.91 Å². The number of rotatable bonds is 6. The first-order valence-corrected chi connectivity index (χ1v) is 11.4. The highest BCUT2D eigenvalue weighted by atomic mass is 32.2. The van der Waals surface area contributed by atoms with Gasteiger partial charge in [0.05, 0.1) is 7.11 Å². The van der Waals surface area contributed by atoms with Crippen LogP contribution in [0.5, 0.6) is 5.75 Å². The Morgan fingerprint density at radius 3 is 2.77 bits per heavy atom. The summed E-state index contributed by atoms with van der Waals surface area (Å²) in [6.07, 6.45) is 1.66. The number of hydrogen-bond donors (Lipinski definition) is 1. The lowest BCUT2D eigenvalue weighted by atomic mass is 10.1. The molecule has 6 nitrogen and oxygen atoms in total. The van der Waals surface area contributed by atoms with Gasteiger partial charge in [-0.25, -0.2) is 0 Å². The molecule has 0 radical (unpaired) electrons. The molecule has 1 N–H and O–H groups in total. The van der Waals surface area contributed by atoms with E-state index in [0.717, 1.165) is 29.4 Å². The van der Waals surface area contributed by atoms with Crippen LogP contribution in [0.3, 0.4) is 0 Å². The van der Waals surface area contributed by atoms with Crippen LogP contribution in [0, 0.1) is 6.92 Å². The third-order valence-electron chi connectivity index (χ3n) is 5.38. The number of carbonyl (C=O) groups is 1. The highest BCUT2D eigenvalue weighted by molar-refractivity contribution is 7.84. The largest absolute Gasteiger partial charge is 0.497 e. The maximum Gasteiger partial charge on any atom is 0.291 e. The summed E-state index contributed by atoms with van der Waals surface area (Å²) in [5, 5.41) is 3.92. The number of benzene rings is 2. The van der Waals surface area contributed by atoms with E-state index in [1.54, 1.807) is 19.2 Å². The summed E-state index contributed by atoms with van der Waals surface area (Å²) >= 11 is 0. The Kier molecular flexibility index (Phi) is 6.20. The number of hydrogen-bond acceptors (Lipinski definition) is 5. The Balaban J connectivity index is 1.48. The molecule has 1 fully saturated rings. The lowest BCUT2D eigenvalue weighted by Gasteiger charge is -2.21. The van der Waals surface area contributed by atoms with E-state index < -0.39 is 10.8 Å². The van der Waals surface area contributed by atoms with Gasteiger partial charge in [-0.15, -0.1) is 0 Å². The van der Waals surface area contributed by atoms with Gasteiger partial charge in [-0.05, 0) is 55.7 Å². The van der Waals surface area contributed by atoms with Crippen LogP contribution in [0.15, 0.2) is 46.9 Å². The predicted molar refractivity (Wildman–Crippen MR) is 118 cm³/mol. The number of carbonyl (C=O) groups excluding carboxylic acids is 1. The monoisotopic (exact) mass is 427 g/mol. The molecule has 0 aliphatic carbocycles. The number of ether oxygens (including phenoxy) is 2. The van der Waals surface area contributed by atoms with Gasteiger partial charge in [-0.1, -0.05) is 12.1 Å². The van der Waals surface area contributed by atoms with E-state index in [1.165, 1.54) is 0 Å². The Morgan fingerprint density at radius 1 is 1.20 bits per heavy atom. The molecule has 3 aromatic rings. The molecule has 1 aliphatic heterocycles. The molecule has 4 rings (SSSR count). The van der Waals surface area contributed by atoms with Crippen LogP contribution >= 0.6 is 0 Å². The van der Waals surface area contributed by atoms with Crippen LogP contribution in [-0.2, 0) is 21.3 Å². The molecule has 1 aromatic heterocycles. The first-order valence-electron chi connectivity index (χ1n) is 9.97. The molecule has 158 valence electrons. The van der Waals surface area contributed by atoms with Crippen molar-refractivity contribution < 1.29 is 22.9 Å². The normalized spacial score (nSPS) is 15.8. The fourth-order valence-electron chi connectivity index (χ4n) is 3.69. The Labute approximate surface area is 178 Å². The van der Waals surface area contributed by atoms with Crippen LogP contribution in [0.4, 0.5) is 5.69 Å². The highest BCUT2D eigenvalue weighted by Crippen LogP contribution is 2.29. The van der Waals surface area contributed by atoms with E-state index >= 15 is 0 Å². The zero-order valence-electron chi connectivity index (χ0n) is 17.1. The zero-order valence-corrected chi connectivity index (χ0v) is 17.9. The summed E-state index contributed by atoms with van der Waals surface area (Å²) in [4.78, 5) is 12.8. The molecule has 0 bridgehead atoms. The van der Waals surface area contributed by atoms with Crippen molar-refractivity contribution in [1.82, 2.24) is 0 Å². The summed E-state index contributed by atoms with van der Waals surface area (Å²) in [6, 6.07) is 12.9. The average molecular weight is 428 g/mol. The average Bonchev–Trinajstić information content (AvgIpc) is 3.10. The van der Waals surface area contributed by atoms with Gasteiger partial charge >= 0.3 is 0 Å². The molecule has 1 aliphatic rings. The summed E-state index contributed by atoms with van der Waals surface area (Å²) in [5.41, 5.74) is 2.99. The molecule has 7 heteroatoms. The third-order valence-corrected chi connectivity index (χ3v) is 7.22. The maximum absolute atomic E-state index is 12.8. The van der Waals surface area contributed by atoms with E-state index in [2.05, 4.69) is 5.32 Å². The van der Waals surface area contributed by atoms with Gasteiger partial charge in [-0.3, -0.25) is 9.00 Å². The van der Waals surface area contributed by atoms with Crippen molar-refractivity contribution in [3.8, 4) is 5.75 Å². The van der Waals surface area contributed by atoms with Gasteiger partial charge in [0.2, 0.25) is 0 Å². The van der Waals surface area contributed by atoms with Crippen molar-refractivity contribution in [2.24, 2.45) is 0 Å². The summed E-state index contributed by atoms with van der Waals surface area (Å²) < 4.78 is 29.0. The second kappa shape index (κ2) is 9.02. The molecule has 1 saturated heterocycles. The van der Waals surface area contributed by atoms with E-state index in [4.69, 9.17) is 13.9 Å². The lowest BCUT2D eigenvalue weighted by molar-refractivity contribution is 0.0991. The number of fused-ring (bicyclic) bond motifs is 1. The van der Waals surface area contributed by atoms with Crippen molar-refractivity contribution in [2.45, 2.75) is 30.8 Å². The van der Waals surface area contributed by atoms with E-state index in [1.807, 2.05) is 37.3 Å². The molecular formula is C23H25NO5S. The van der Waals surface area contributed by atoms with E-state index in [9.17, 15) is 9.00 Å². The standard InChI is InChI=1S/C23H25NO5S/c1-15-20-13-18(27-2)6-7-21(20)29-22(15)23(25)24-17-5-3-4-16(12-17)14-30(26)19-8-10-28-11-9-19/h3-7,12-13,19H,8-11,14H2,1-2H3,(H,24,25). The minimum absolute atomic E-state index is 0.173. The summed E-state index contributed by atoms with van der Waals surface area (Å²) in [6.45, 7) is 3.21. The first-order chi connectivity index (χ1) is 14.5. The molecule has 1 amide bonds. The van der Waals surface area contributed by atoms with Crippen LogP contribution < -0.4 is 10.1 Å². The second-order valence-electron chi connectivity index (χ2n) is 7.41.